The summed E-state index contributed by atoms with van der Waals surface area (Å²) in [5.41, 5.74) is 1.57. The number of aromatic nitrogens is 2. The van der Waals surface area contributed by atoms with E-state index < -0.39 is 9.84 Å². The zero-order valence-corrected chi connectivity index (χ0v) is 9.48. The second-order valence-corrected chi connectivity index (χ2v) is 5.36. The molecule has 0 fully saturated rings. The minimum Gasteiger partial charge on any atom is -0.222 e. The lowest BCUT2D eigenvalue weighted by Crippen LogP contribution is -2.02. The van der Waals surface area contributed by atoms with Crippen molar-refractivity contribution >= 4 is 9.84 Å². The lowest BCUT2D eigenvalue weighted by molar-refractivity contribution is 0.596. The predicted molar refractivity (Wildman–Crippen MR) is 60.6 cm³/mol. The van der Waals surface area contributed by atoms with E-state index in [0.29, 0.717) is 5.69 Å². The lowest BCUT2D eigenvalue weighted by Gasteiger charge is -2.00. The van der Waals surface area contributed by atoms with Crippen LogP contribution in [0.5, 0.6) is 0 Å². The molecule has 0 aliphatic rings. The Labute approximate surface area is 93.9 Å². The maximum atomic E-state index is 11.2. The Morgan fingerprint density at radius 3 is 2.12 bits per heavy atom. The van der Waals surface area contributed by atoms with Crippen molar-refractivity contribution in [1.29, 1.82) is 0 Å². The van der Waals surface area contributed by atoms with Crippen LogP contribution in [0, 0.1) is 0 Å². The number of benzene rings is 1. The molecule has 2 rings (SSSR count). The van der Waals surface area contributed by atoms with Crippen LogP contribution >= 0.6 is 0 Å². The van der Waals surface area contributed by atoms with Crippen molar-refractivity contribution in [3.05, 3.63) is 42.5 Å². The molecule has 0 unspecified atom stereocenters. The van der Waals surface area contributed by atoms with Crippen molar-refractivity contribution in [3.8, 4) is 11.3 Å². The van der Waals surface area contributed by atoms with Gasteiger partial charge in [0.1, 0.15) is 0 Å². The molecular formula is C11H10N2O2S. The highest BCUT2D eigenvalue weighted by Gasteiger charge is 2.09. The van der Waals surface area contributed by atoms with Crippen molar-refractivity contribution in [2.45, 2.75) is 5.03 Å². The maximum Gasteiger partial charge on any atom is 0.194 e. The first-order valence-electron chi connectivity index (χ1n) is 4.66. The third-order valence-corrected chi connectivity index (χ3v) is 3.07. The van der Waals surface area contributed by atoms with Gasteiger partial charge in [0.25, 0.3) is 0 Å². The van der Waals surface area contributed by atoms with Gasteiger partial charge in [0.15, 0.2) is 14.9 Å². The maximum absolute atomic E-state index is 11.2. The highest BCUT2D eigenvalue weighted by atomic mass is 32.2. The van der Waals surface area contributed by atoms with E-state index in [2.05, 4.69) is 10.2 Å². The summed E-state index contributed by atoms with van der Waals surface area (Å²) in [6.07, 6.45) is 1.11. The van der Waals surface area contributed by atoms with Gasteiger partial charge in [-0.1, -0.05) is 30.3 Å². The molecule has 0 amide bonds. The Morgan fingerprint density at radius 1 is 0.938 bits per heavy atom. The summed E-state index contributed by atoms with van der Waals surface area (Å²) in [7, 11) is -3.28. The Kier molecular flexibility index (Phi) is 2.70. The van der Waals surface area contributed by atoms with Gasteiger partial charge in [-0.2, -0.15) is 0 Å². The van der Waals surface area contributed by atoms with Gasteiger partial charge in [0, 0.05) is 11.8 Å². The normalized spacial score (nSPS) is 11.3. The molecule has 0 atom stereocenters. The second kappa shape index (κ2) is 4.02. The third-order valence-electron chi connectivity index (χ3n) is 2.09. The monoisotopic (exact) mass is 234 g/mol. The van der Waals surface area contributed by atoms with E-state index in [4.69, 9.17) is 0 Å². The summed E-state index contributed by atoms with van der Waals surface area (Å²) in [6, 6.07) is 12.6. The Balaban J connectivity index is 2.41. The van der Waals surface area contributed by atoms with Crippen LogP contribution in [0.3, 0.4) is 0 Å². The van der Waals surface area contributed by atoms with E-state index in [1.165, 1.54) is 6.07 Å². The average Bonchev–Trinajstić information content (AvgIpc) is 2.29. The van der Waals surface area contributed by atoms with Crippen LogP contribution in [0.1, 0.15) is 0 Å². The van der Waals surface area contributed by atoms with Crippen LogP contribution in [0.4, 0.5) is 0 Å². The summed E-state index contributed by atoms with van der Waals surface area (Å²) in [5, 5.41) is 7.57. The van der Waals surface area contributed by atoms with E-state index in [-0.39, 0.29) is 5.03 Å². The van der Waals surface area contributed by atoms with Gasteiger partial charge < -0.3 is 0 Å². The molecule has 0 radical (unpaired) electrons. The molecule has 1 aromatic carbocycles. The fourth-order valence-corrected chi connectivity index (χ4v) is 1.79. The van der Waals surface area contributed by atoms with Crippen molar-refractivity contribution in [2.75, 3.05) is 6.26 Å². The van der Waals surface area contributed by atoms with Crippen molar-refractivity contribution in [2.24, 2.45) is 0 Å². The number of hydrogen-bond donors (Lipinski definition) is 0. The molecule has 5 heteroatoms. The molecule has 1 heterocycles. The van der Waals surface area contributed by atoms with Gasteiger partial charge in [-0.3, -0.25) is 0 Å². The molecular weight excluding hydrogens is 224 g/mol. The molecule has 0 bridgehead atoms. The first kappa shape index (κ1) is 10.8. The quantitative estimate of drug-likeness (QED) is 0.791. The van der Waals surface area contributed by atoms with Crippen molar-refractivity contribution in [1.82, 2.24) is 10.2 Å². The third kappa shape index (κ3) is 2.25. The van der Waals surface area contributed by atoms with E-state index in [1.54, 1.807) is 6.07 Å². The second-order valence-electron chi connectivity index (χ2n) is 3.40. The van der Waals surface area contributed by atoms with Gasteiger partial charge in [-0.25, -0.2) is 8.42 Å². The molecule has 4 nitrogen and oxygen atoms in total. The van der Waals surface area contributed by atoms with E-state index >= 15 is 0 Å². The van der Waals surface area contributed by atoms with E-state index in [1.807, 2.05) is 30.3 Å². The van der Waals surface area contributed by atoms with Crippen LogP contribution in [-0.2, 0) is 9.84 Å². The highest BCUT2D eigenvalue weighted by molar-refractivity contribution is 7.90. The summed E-state index contributed by atoms with van der Waals surface area (Å²) in [5.74, 6) is 0. The van der Waals surface area contributed by atoms with Gasteiger partial charge in [-0.05, 0) is 12.1 Å². The first-order valence-corrected chi connectivity index (χ1v) is 6.56. The highest BCUT2D eigenvalue weighted by Crippen LogP contribution is 2.16. The Hall–Kier alpha value is -1.75. The van der Waals surface area contributed by atoms with Crippen LogP contribution in [0.2, 0.25) is 0 Å². The van der Waals surface area contributed by atoms with Crippen LogP contribution < -0.4 is 0 Å². The van der Waals surface area contributed by atoms with Crippen LogP contribution in [0.25, 0.3) is 11.3 Å². The predicted octanol–water partition coefficient (Wildman–Crippen LogP) is 1.55. The molecule has 2 aromatic rings. The SMILES string of the molecule is CS(=O)(=O)c1ccc(-c2ccccc2)nn1. The first-order chi connectivity index (χ1) is 7.57. The number of nitrogens with zero attached hydrogens (tertiary/aromatic N) is 2. The summed E-state index contributed by atoms with van der Waals surface area (Å²) in [4.78, 5) is 0. The minimum absolute atomic E-state index is 0.00724. The topological polar surface area (TPSA) is 59.9 Å². The zero-order valence-electron chi connectivity index (χ0n) is 8.66. The van der Waals surface area contributed by atoms with Gasteiger partial charge in [0.2, 0.25) is 0 Å². The number of hydrogen-bond acceptors (Lipinski definition) is 4. The van der Waals surface area contributed by atoms with Gasteiger partial charge in [0.05, 0.1) is 5.69 Å². The van der Waals surface area contributed by atoms with Gasteiger partial charge in [-0.15, -0.1) is 10.2 Å². The molecule has 0 saturated heterocycles. The van der Waals surface area contributed by atoms with Gasteiger partial charge >= 0.3 is 0 Å². The van der Waals surface area contributed by atoms with Crippen LogP contribution in [0.15, 0.2) is 47.5 Å². The zero-order chi connectivity index (χ0) is 11.6. The van der Waals surface area contributed by atoms with E-state index in [0.717, 1.165) is 11.8 Å². The summed E-state index contributed by atoms with van der Waals surface area (Å²) < 4.78 is 22.4. The fraction of sp³-hybridized carbons (Fsp3) is 0.0909. The molecule has 82 valence electrons. The van der Waals surface area contributed by atoms with Crippen LogP contribution in [-0.4, -0.2) is 24.9 Å². The molecule has 0 spiro atoms. The lowest BCUT2D eigenvalue weighted by atomic mass is 10.1. The molecule has 16 heavy (non-hydrogen) atoms. The molecule has 0 saturated carbocycles. The molecule has 0 aliphatic heterocycles. The number of rotatable bonds is 2. The fourth-order valence-electron chi connectivity index (χ4n) is 1.28. The largest absolute Gasteiger partial charge is 0.222 e. The van der Waals surface area contributed by atoms with E-state index in [9.17, 15) is 8.42 Å². The molecule has 0 N–H and O–H groups in total. The minimum atomic E-state index is -3.28. The smallest absolute Gasteiger partial charge is 0.194 e. The number of sulfone groups is 1. The molecule has 0 aliphatic carbocycles. The molecule has 1 aromatic heterocycles. The summed E-state index contributed by atoms with van der Waals surface area (Å²) >= 11 is 0. The van der Waals surface area contributed by atoms with Crippen molar-refractivity contribution < 1.29 is 8.42 Å². The summed E-state index contributed by atoms with van der Waals surface area (Å²) in [6.45, 7) is 0. The van der Waals surface area contributed by atoms with Crippen molar-refractivity contribution in [3.63, 3.8) is 0 Å². The average molecular weight is 234 g/mol. The Bertz CT molecular complexity index is 577. The Morgan fingerprint density at radius 2 is 1.62 bits per heavy atom. The standard InChI is InChI=1S/C11H10N2O2S/c1-16(14,15)11-8-7-10(12-13-11)9-5-3-2-4-6-9/h2-8H,1H3.